The van der Waals surface area contributed by atoms with Gasteiger partial charge in [-0.1, -0.05) is 127 Å². The average Bonchev–Trinajstić information content (AvgIpc) is 3.13. The number of aromatic nitrogens is 3. The van der Waals surface area contributed by atoms with E-state index in [0.29, 0.717) is 22.8 Å². The Morgan fingerprint density at radius 1 is 0.444 bits per heavy atom. The SMILES string of the molecule is O=P1(c2cccc(-c3nc(-c4ccccc4)nc(-c4ccccc4)n3)c2)c2ccccc2-c2ccccc2N1c1ccccc1. The molecule has 1 aliphatic rings. The van der Waals surface area contributed by atoms with E-state index in [4.69, 9.17) is 15.0 Å². The van der Waals surface area contributed by atoms with Crippen LogP contribution in [0, 0.1) is 0 Å². The first kappa shape index (κ1) is 26.9. The molecule has 1 unspecified atom stereocenters. The third-order valence-electron chi connectivity index (χ3n) is 8.09. The molecule has 0 aliphatic carbocycles. The Kier molecular flexibility index (Phi) is 6.66. The van der Waals surface area contributed by atoms with Crippen LogP contribution in [-0.2, 0) is 4.57 Å². The highest BCUT2D eigenvalue weighted by atomic mass is 31.2. The summed E-state index contributed by atoms with van der Waals surface area (Å²) >= 11 is 0. The van der Waals surface area contributed by atoms with Gasteiger partial charge in [0.15, 0.2) is 17.5 Å². The third kappa shape index (κ3) is 4.66. The van der Waals surface area contributed by atoms with E-state index in [1.165, 1.54) is 0 Å². The molecule has 0 radical (unpaired) electrons. The molecular formula is C39H27N4OP. The lowest BCUT2D eigenvalue weighted by molar-refractivity contribution is 0.587. The van der Waals surface area contributed by atoms with Crippen LogP contribution in [0.1, 0.15) is 0 Å². The summed E-state index contributed by atoms with van der Waals surface area (Å²) in [5.74, 6) is 1.69. The molecule has 1 aliphatic heterocycles. The Hall–Kier alpha value is -5.64. The van der Waals surface area contributed by atoms with Crippen LogP contribution in [0.25, 0.3) is 45.3 Å². The number of anilines is 2. The molecule has 6 aromatic carbocycles. The summed E-state index contributed by atoms with van der Waals surface area (Å²) in [4.78, 5) is 14.7. The van der Waals surface area contributed by atoms with Crippen LogP contribution in [-0.4, -0.2) is 15.0 Å². The molecule has 5 nitrogen and oxygen atoms in total. The monoisotopic (exact) mass is 598 g/mol. The number of hydrogen-bond acceptors (Lipinski definition) is 4. The van der Waals surface area contributed by atoms with Crippen molar-refractivity contribution in [3.63, 3.8) is 0 Å². The number of rotatable bonds is 5. The van der Waals surface area contributed by atoms with Gasteiger partial charge in [-0.3, -0.25) is 9.24 Å². The maximum absolute atomic E-state index is 16.0. The summed E-state index contributed by atoms with van der Waals surface area (Å²) in [5, 5.41) is 1.50. The van der Waals surface area contributed by atoms with Crippen molar-refractivity contribution in [3.05, 3.63) is 164 Å². The summed E-state index contributed by atoms with van der Waals surface area (Å²) in [6.07, 6.45) is 0. The molecule has 8 rings (SSSR count). The standard InChI is InChI=1S/C39H27N4OP/c44-45(36-26-13-11-24-34(36)33-23-10-12-25-35(33)43(45)31-20-8-3-9-21-31)32-22-14-19-30(27-32)39-41-37(28-15-4-1-5-16-28)40-38(42-39)29-17-6-2-7-18-29/h1-27H. The molecule has 1 aromatic heterocycles. The lowest BCUT2D eigenvalue weighted by Crippen LogP contribution is -2.33. The van der Waals surface area contributed by atoms with Crippen molar-refractivity contribution in [1.29, 1.82) is 0 Å². The molecule has 0 bridgehead atoms. The molecule has 1 atom stereocenters. The van der Waals surface area contributed by atoms with E-state index < -0.39 is 7.29 Å². The van der Waals surface area contributed by atoms with Gasteiger partial charge in [-0.2, -0.15) is 0 Å². The zero-order chi connectivity index (χ0) is 30.2. The number of hydrogen-bond donors (Lipinski definition) is 0. The Bertz CT molecular complexity index is 2150. The van der Waals surface area contributed by atoms with E-state index in [0.717, 1.165) is 44.5 Å². The summed E-state index contributed by atoms with van der Waals surface area (Å²) in [6, 6.07) is 53.9. The van der Waals surface area contributed by atoms with Crippen molar-refractivity contribution >= 4 is 29.3 Å². The van der Waals surface area contributed by atoms with Crippen molar-refractivity contribution in [2.24, 2.45) is 0 Å². The molecule has 0 fully saturated rings. The van der Waals surface area contributed by atoms with Gasteiger partial charge in [0, 0.05) is 38.6 Å². The third-order valence-corrected chi connectivity index (χ3v) is 11.1. The predicted molar refractivity (Wildman–Crippen MR) is 183 cm³/mol. The highest BCUT2D eigenvalue weighted by Gasteiger charge is 2.42. The second kappa shape index (κ2) is 11.1. The molecule has 45 heavy (non-hydrogen) atoms. The average molecular weight is 599 g/mol. The summed E-state index contributed by atoms with van der Waals surface area (Å²) in [7, 11) is -3.45. The highest BCUT2D eigenvalue weighted by molar-refractivity contribution is 7.80. The van der Waals surface area contributed by atoms with Gasteiger partial charge < -0.3 is 0 Å². The Balaban J connectivity index is 1.35. The maximum Gasteiger partial charge on any atom is 0.234 e. The minimum Gasteiger partial charge on any atom is -0.289 e. The van der Waals surface area contributed by atoms with Gasteiger partial charge in [0.2, 0.25) is 7.29 Å². The van der Waals surface area contributed by atoms with Crippen LogP contribution < -0.4 is 15.3 Å². The quantitative estimate of drug-likeness (QED) is 0.185. The Morgan fingerprint density at radius 3 is 1.58 bits per heavy atom. The van der Waals surface area contributed by atoms with E-state index in [1.54, 1.807) is 0 Å². The van der Waals surface area contributed by atoms with Gasteiger partial charge in [0.25, 0.3) is 0 Å². The first-order valence-electron chi connectivity index (χ1n) is 14.8. The minimum absolute atomic E-state index is 0.521. The molecule has 0 saturated heterocycles. The van der Waals surface area contributed by atoms with Gasteiger partial charge in [0.05, 0.1) is 5.69 Å². The minimum atomic E-state index is -3.45. The number of benzene rings is 6. The number of nitrogens with zero attached hydrogens (tertiary/aromatic N) is 4. The van der Waals surface area contributed by atoms with E-state index in [-0.39, 0.29) is 0 Å². The van der Waals surface area contributed by atoms with Crippen molar-refractivity contribution in [1.82, 2.24) is 15.0 Å². The summed E-state index contributed by atoms with van der Waals surface area (Å²) in [6.45, 7) is 0. The first-order chi connectivity index (χ1) is 22.2. The zero-order valence-electron chi connectivity index (χ0n) is 24.2. The van der Waals surface area contributed by atoms with Crippen molar-refractivity contribution in [2.45, 2.75) is 0 Å². The molecule has 0 amide bonds. The fourth-order valence-electron chi connectivity index (χ4n) is 6.01. The number of fused-ring (bicyclic) bond motifs is 3. The fourth-order valence-corrected chi connectivity index (χ4v) is 9.08. The van der Waals surface area contributed by atoms with Gasteiger partial charge in [0.1, 0.15) is 0 Å². The van der Waals surface area contributed by atoms with Crippen molar-refractivity contribution in [2.75, 3.05) is 4.67 Å². The molecule has 214 valence electrons. The molecule has 2 heterocycles. The first-order valence-corrected chi connectivity index (χ1v) is 16.5. The second-order valence-corrected chi connectivity index (χ2v) is 13.4. The predicted octanol–water partition coefficient (Wildman–Crippen LogP) is 8.92. The van der Waals surface area contributed by atoms with Crippen LogP contribution in [0.5, 0.6) is 0 Å². The van der Waals surface area contributed by atoms with Crippen LogP contribution in [0.3, 0.4) is 0 Å². The molecule has 6 heteroatoms. The fraction of sp³-hybridized carbons (Fsp3) is 0. The van der Waals surface area contributed by atoms with E-state index >= 15 is 4.57 Å². The van der Waals surface area contributed by atoms with E-state index in [2.05, 4.69) is 18.2 Å². The van der Waals surface area contributed by atoms with Gasteiger partial charge >= 0.3 is 0 Å². The van der Waals surface area contributed by atoms with Crippen molar-refractivity contribution < 1.29 is 4.57 Å². The van der Waals surface area contributed by atoms with Crippen LogP contribution in [0.15, 0.2) is 164 Å². The second-order valence-electron chi connectivity index (χ2n) is 10.8. The zero-order valence-corrected chi connectivity index (χ0v) is 25.1. The molecule has 7 aromatic rings. The van der Waals surface area contributed by atoms with Gasteiger partial charge in [-0.25, -0.2) is 15.0 Å². The lowest BCUT2D eigenvalue weighted by atomic mass is 10.0. The molecule has 0 N–H and O–H groups in total. The Labute approximate surface area is 262 Å². The topological polar surface area (TPSA) is 59.0 Å². The Morgan fingerprint density at radius 2 is 0.933 bits per heavy atom. The van der Waals surface area contributed by atoms with Crippen LogP contribution >= 0.6 is 7.29 Å². The van der Waals surface area contributed by atoms with Crippen LogP contribution in [0.2, 0.25) is 0 Å². The molecule has 0 spiro atoms. The summed E-state index contributed by atoms with van der Waals surface area (Å²) in [5.41, 5.74) is 6.37. The van der Waals surface area contributed by atoms with Crippen LogP contribution in [0.4, 0.5) is 11.4 Å². The largest absolute Gasteiger partial charge is 0.289 e. The highest BCUT2D eigenvalue weighted by Crippen LogP contribution is 2.61. The molecule has 0 saturated carbocycles. The van der Waals surface area contributed by atoms with Gasteiger partial charge in [-0.15, -0.1) is 0 Å². The number of para-hydroxylation sites is 2. The summed E-state index contributed by atoms with van der Waals surface area (Å²) < 4.78 is 18.0. The van der Waals surface area contributed by atoms with Gasteiger partial charge in [-0.05, 0) is 42.0 Å². The van der Waals surface area contributed by atoms with Crippen molar-refractivity contribution in [3.8, 4) is 45.3 Å². The molecular weight excluding hydrogens is 571 g/mol. The normalized spacial score (nSPS) is 15.2. The smallest absolute Gasteiger partial charge is 0.234 e. The van der Waals surface area contributed by atoms with E-state index in [9.17, 15) is 0 Å². The lowest BCUT2D eigenvalue weighted by Gasteiger charge is -2.40. The van der Waals surface area contributed by atoms with E-state index in [1.807, 2.05) is 150 Å². The maximum atomic E-state index is 16.0.